The van der Waals surface area contributed by atoms with Crippen molar-refractivity contribution in [1.29, 1.82) is 0 Å². The molecule has 1 N–H and O–H groups in total. The van der Waals surface area contributed by atoms with Crippen LogP contribution >= 0.6 is 0 Å². The van der Waals surface area contributed by atoms with E-state index in [2.05, 4.69) is 62.7 Å². The van der Waals surface area contributed by atoms with Crippen molar-refractivity contribution in [2.75, 3.05) is 55.7 Å². The second-order valence-corrected chi connectivity index (χ2v) is 9.96. The van der Waals surface area contributed by atoms with Gasteiger partial charge in [0.2, 0.25) is 0 Å². The molecule has 0 radical (unpaired) electrons. The number of piperazine rings is 1. The van der Waals surface area contributed by atoms with Gasteiger partial charge in [0.1, 0.15) is 5.82 Å². The fraction of sp³-hybridized carbons (Fsp3) is 0.393. The largest absolute Gasteiger partial charge is 0.380 e. The highest BCUT2D eigenvalue weighted by Crippen LogP contribution is 2.44. The summed E-state index contributed by atoms with van der Waals surface area (Å²) in [7, 11) is 0. The van der Waals surface area contributed by atoms with E-state index in [0.29, 0.717) is 11.8 Å². The molecule has 178 valence electrons. The smallest absolute Gasteiger partial charge is 0.162 e. The van der Waals surface area contributed by atoms with Crippen molar-refractivity contribution in [2.24, 2.45) is 0 Å². The van der Waals surface area contributed by atoms with Crippen LogP contribution < -0.4 is 15.1 Å². The van der Waals surface area contributed by atoms with E-state index in [-0.39, 0.29) is 0 Å². The second-order valence-electron chi connectivity index (χ2n) is 9.96. The van der Waals surface area contributed by atoms with E-state index in [1.165, 1.54) is 35.0 Å². The third-order valence-electron chi connectivity index (χ3n) is 7.59. The van der Waals surface area contributed by atoms with Gasteiger partial charge in [0.05, 0.1) is 24.9 Å². The monoisotopic (exact) mass is 466 g/mol. The van der Waals surface area contributed by atoms with Gasteiger partial charge in [-0.1, -0.05) is 18.2 Å². The van der Waals surface area contributed by atoms with Crippen LogP contribution in [0.1, 0.15) is 41.6 Å². The van der Waals surface area contributed by atoms with Gasteiger partial charge in [-0.3, -0.25) is 4.98 Å². The maximum Gasteiger partial charge on any atom is 0.162 e. The lowest BCUT2D eigenvalue weighted by atomic mass is 9.97. The summed E-state index contributed by atoms with van der Waals surface area (Å²) in [5.74, 6) is 3.02. The minimum Gasteiger partial charge on any atom is -0.380 e. The van der Waals surface area contributed by atoms with E-state index < -0.39 is 0 Å². The van der Waals surface area contributed by atoms with Crippen molar-refractivity contribution in [3.05, 3.63) is 72.0 Å². The number of benzene rings is 1. The van der Waals surface area contributed by atoms with Crippen molar-refractivity contribution in [2.45, 2.75) is 24.7 Å². The predicted octanol–water partition coefficient (Wildman–Crippen LogP) is 3.84. The first-order chi connectivity index (χ1) is 17.3. The highest BCUT2D eigenvalue weighted by molar-refractivity contribution is 5.94. The molecule has 1 aliphatic carbocycles. The number of pyridine rings is 1. The molecule has 5 heterocycles. The summed E-state index contributed by atoms with van der Waals surface area (Å²) in [6, 6.07) is 8.87. The SMILES string of the molecule is C1=CN(c2ccc(C3COC3)cc2)CC=C1c1nc(N2CCNCC2)c2c(C3CC3)cncc2n1. The molecule has 0 amide bonds. The fourth-order valence-electron chi connectivity index (χ4n) is 5.25. The minimum atomic E-state index is 0.553. The van der Waals surface area contributed by atoms with Crippen LogP contribution in [-0.4, -0.2) is 60.9 Å². The molecule has 4 aliphatic rings. The van der Waals surface area contributed by atoms with Gasteiger partial charge >= 0.3 is 0 Å². The van der Waals surface area contributed by atoms with E-state index in [4.69, 9.17) is 14.7 Å². The summed E-state index contributed by atoms with van der Waals surface area (Å²) >= 11 is 0. The first-order valence-electron chi connectivity index (χ1n) is 12.8. The van der Waals surface area contributed by atoms with Crippen molar-refractivity contribution in [3.63, 3.8) is 0 Å². The van der Waals surface area contributed by atoms with Crippen LogP contribution in [0.5, 0.6) is 0 Å². The summed E-state index contributed by atoms with van der Waals surface area (Å²) in [4.78, 5) is 19.4. The van der Waals surface area contributed by atoms with Crippen LogP contribution in [0.2, 0.25) is 0 Å². The van der Waals surface area contributed by atoms with Gasteiger partial charge in [-0.15, -0.1) is 0 Å². The maximum absolute atomic E-state index is 5.33. The van der Waals surface area contributed by atoms with Gasteiger partial charge in [-0.2, -0.15) is 0 Å². The van der Waals surface area contributed by atoms with Crippen molar-refractivity contribution < 1.29 is 4.74 Å². The van der Waals surface area contributed by atoms with Crippen LogP contribution in [0, 0.1) is 0 Å². The topological polar surface area (TPSA) is 66.4 Å². The molecule has 35 heavy (non-hydrogen) atoms. The van der Waals surface area contributed by atoms with Crippen LogP contribution in [0.3, 0.4) is 0 Å². The Labute approximate surface area is 205 Å². The lowest BCUT2D eigenvalue weighted by molar-refractivity contribution is 0.00843. The first-order valence-corrected chi connectivity index (χ1v) is 12.8. The molecule has 1 saturated carbocycles. The molecule has 7 heteroatoms. The van der Waals surface area contributed by atoms with E-state index in [0.717, 1.165) is 68.7 Å². The average molecular weight is 467 g/mol. The Kier molecular flexibility index (Phi) is 5.25. The number of hydrogen-bond donors (Lipinski definition) is 1. The number of allylic oxidation sites excluding steroid dienone is 2. The molecule has 0 unspecified atom stereocenters. The van der Waals surface area contributed by atoms with Crippen molar-refractivity contribution >= 4 is 28.0 Å². The first kappa shape index (κ1) is 21.0. The van der Waals surface area contributed by atoms with Crippen LogP contribution in [0.15, 0.2) is 55.0 Å². The highest BCUT2D eigenvalue weighted by Gasteiger charge is 2.29. The standard InChI is InChI=1S/C28H30N6O/c1-2-20(1)24-15-30-16-25-26(24)28(34-13-9-29-10-14-34)32-27(31-25)21-7-11-33(12-8-21)23-5-3-19(4-6-23)22-17-35-18-22/h3-8,11,15-16,20,22,29H,1-2,9-10,12-14,17-18H2. The summed E-state index contributed by atoms with van der Waals surface area (Å²) in [5, 5.41) is 4.67. The number of hydrogen-bond acceptors (Lipinski definition) is 7. The van der Waals surface area contributed by atoms with Crippen LogP contribution in [-0.2, 0) is 4.74 Å². The normalized spacial score (nSPS) is 20.7. The van der Waals surface area contributed by atoms with Gasteiger partial charge < -0.3 is 19.9 Å². The molecule has 3 aliphatic heterocycles. The fourth-order valence-corrected chi connectivity index (χ4v) is 5.25. The molecule has 0 spiro atoms. The van der Waals surface area contributed by atoms with E-state index >= 15 is 0 Å². The molecule has 3 aromatic rings. The van der Waals surface area contributed by atoms with Gasteiger partial charge in [-0.25, -0.2) is 9.97 Å². The molecule has 2 aromatic heterocycles. The zero-order valence-electron chi connectivity index (χ0n) is 19.9. The van der Waals surface area contributed by atoms with Gasteiger partial charge in [-0.05, 0) is 48.1 Å². The predicted molar refractivity (Wildman–Crippen MR) is 139 cm³/mol. The van der Waals surface area contributed by atoms with Gasteiger partial charge in [0.15, 0.2) is 5.82 Å². The Bertz CT molecular complexity index is 1300. The van der Waals surface area contributed by atoms with E-state index in [1.807, 2.05) is 12.4 Å². The molecule has 2 saturated heterocycles. The molecule has 3 fully saturated rings. The number of anilines is 2. The molecule has 0 bridgehead atoms. The summed E-state index contributed by atoms with van der Waals surface area (Å²) in [6.45, 7) is 6.36. The number of aromatic nitrogens is 3. The number of nitrogens with zero attached hydrogens (tertiary/aromatic N) is 5. The third-order valence-corrected chi connectivity index (χ3v) is 7.59. The Morgan fingerprint density at radius 1 is 0.943 bits per heavy atom. The number of rotatable bonds is 5. The summed E-state index contributed by atoms with van der Waals surface area (Å²) in [6.07, 6.45) is 12.9. The average Bonchev–Trinajstić information content (AvgIpc) is 3.73. The molecule has 7 rings (SSSR count). The van der Waals surface area contributed by atoms with Gasteiger partial charge in [0.25, 0.3) is 0 Å². The molecule has 1 aromatic carbocycles. The molecule has 7 nitrogen and oxygen atoms in total. The third kappa shape index (κ3) is 3.98. The van der Waals surface area contributed by atoms with Crippen molar-refractivity contribution in [3.8, 4) is 0 Å². The lowest BCUT2D eigenvalue weighted by Gasteiger charge is -2.30. The maximum atomic E-state index is 5.33. The quantitative estimate of drug-likeness (QED) is 0.613. The summed E-state index contributed by atoms with van der Waals surface area (Å²) < 4.78 is 5.33. The second kappa shape index (κ2) is 8.73. The van der Waals surface area contributed by atoms with Crippen molar-refractivity contribution in [1.82, 2.24) is 20.3 Å². The Hall–Kier alpha value is -3.29. The Morgan fingerprint density at radius 2 is 1.77 bits per heavy atom. The van der Waals surface area contributed by atoms with Gasteiger partial charge in [0, 0.05) is 67.7 Å². The number of fused-ring (bicyclic) bond motifs is 1. The number of nitrogens with one attached hydrogen (secondary N) is 1. The lowest BCUT2D eigenvalue weighted by Crippen LogP contribution is -2.44. The molecular weight excluding hydrogens is 436 g/mol. The zero-order chi connectivity index (χ0) is 23.2. The van der Waals surface area contributed by atoms with Crippen LogP contribution in [0.25, 0.3) is 16.5 Å². The number of ether oxygens (including phenoxy) is 1. The molecule has 0 atom stereocenters. The highest BCUT2D eigenvalue weighted by atomic mass is 16.5. The molecular formula is C28H30N6O. The van der Waals surface area contributed by atoms with Crippen LogP contribution in [0.4, 0.5) is 11.5 Å². The van der Waals surface area contributed by atoms with E-state index in [9.17, 15) is 0 Å². The van der Waals surface area contributed by atoms with E-state index in [1.54, 1.807) is 0 Å². The Morgan fingerprint density at radius 3 is 2.46 bits per heavy atom. The summed E-state index contributed by atoms with van der Waals surface area (Å²) in [5.41, 5.74) is 5.90. The Balaban J connectivity index is 1.19. The minimum absolute atomic E-state index is 0.553. The zero-order valence-corrected chi connectivity index (χ0v) is 19.9.